The van der Waals surface area contributed by atoms with Gasteiger partial charge in [-0.3, -0.25) is 14.9 Å². The van der Waals surface area contributed by atoms with Gasteiger partial charge in [0.2, 0.25) is 0 Å². The van der Waals surface area contributed by atoms with Crippen molar-refractivity contribution in [3.8, 4) is 0 Å². The molecule has 0 heterocycles. The number of nitro benzene ring substituents is 1. The zero-order valence-electron chi connectivity index (χ0n) is 12.9. The maximum Gasteiger partial charge on any atom is 0.284 e. The average molecular weight is 377 g/mol. The minimum atomic E-state index is -0.502. The van der Waals surface area contributed by atoms with Crippen LogP contribution in [0.4, 0.5) is 5.69 Å². The highest BCUT2D eigenvalue weighted by Crippen LogP contribution is 2.26. The van der Waals surface area contributed by atoms with Crippen LogP contribution in [-0.2, 0) is 6.54 Å². The molecule has 2 aromatic carbocycles. The van der Waals surface area contributed by atoms with E-state index in [2.05, 4.69) is 15.9 Å². The molecule has 0 spiro atoms. The van der Waals surface area contributed by atoms with Gasteiger partial charge in [0.05, 0.1) is 9.40 Å². The zero-order valence-corrected chi connectivity index (χ0v) is 14.5. The van der Waals surface area contributed by atoms with Crippen molar-refractivity contribution in [3.05, 3.63) is 74.2 Å². The van der Waals surface area contributed by atoms with Crippen molar-refractivity contribution in [1.82, 2.24) is 4.90 Å². The SMILES string of the molecule is CC(C)N(Cc1ccccc1)C(=O)c1ccc(Br)c([N+](=O)[O-])c1. The predicted octanol–water partition coefficient (Wildman–Crippen LogP) is 4.41. The van der Waals surface area contributed by atoms with Gasteiger partial charge in [-0.05, 0) is 47.5 Å². The summed E-state index contributed by atoms with van der Waals surface area (Å²) in [6, 6.07) is 14.1. The number of nitro groups is 1. The molecule has 6 heteroatoms. The molecule has 0 aliphatic rings. The highest BCUT2D eigenvalue weighted by atomic mass is 79.9. The van der Waals surface area contributed by atoms with Crippen LogP contribution in [0.5, 0.6) is 0 Å². The molecule has 23 heavy (non-hydrogen) atoms. The van der Waals surface area contributed by atoms with Crippen molar-refractivity contribution in [1.29, 1.82) is 0 Å². The second-order valence-electron chi connectivity index (χ2n) is 5.44. The number of rotatable bonds is 5. The molecule has 0 bridgehead atoms. The van der Waals surface area contributed by atoms with Gasteiger partial charge in [0, 0.05) is 24.2 Å². The molecule has 120 valence electrons. The summed E-state index contributed by atoms with van der Waals surface area (Å²) in [5, 5.41) is 11.0. The van der Waals surface area contributed by atoms with Crippen molar-refractivity contribution in [3.63, 3.8) is 0 Å². The van der Waals surface area contributed by atoms with E-state index in [4.69, 9.17) is 0 Å². The summed E-state index contributed by atoms with van der Waals surface area (Å²) in [4.78, 5) is 25.0. The van der Waals surface area contributed by atoms with Gasteiger partial charge in [0.25, 0.3) is 11.6 Å². The van der Waals surface area contributed by atoms with E-state index in [1.165, 1.54) is 12.1 Å². The fraction of sp³-hybridized carbons (Fsp3) is 0.235. The highest BCUT2D eigenvalue weighted by Gasteiger charge is 2.22. The lowest BCUT2D eigenvalue weighted by Gasteiger charge is -2.27. The Balaban J connectivity index is 2.31. The normalized spacial score (nSPS) is 10.6. The van der Waals surface area contributed by atoms with Gasteiger partial charge in [-0.25, -0.2) is 0 Å². The largest absolute Gasteiger partial charge is 0.332 e. The Morgan fingerprint density at radius 3 is 2.43 bits per heavy atom. The van der Waals surface area contributed by atoms with E-state index in [0.29, 0.717) is 16.6 Å². The van der Waals surface area contributed by atoms with Crippen LogP contribution in [0.15, 0.2) is 53.0 Å². The maximum atomic E-state index is 12.8. The number of carbonyl (C=O) groups excluding carboxylic acids is 1. The van der Waals surface area contributed by atoms with Gasteiger partial charge in [0.1, 0.15) is 0 Å². The van der Waals surface area contributed by atoms with E-state index >= 15 is 0 Å². The first-order valence-electron chi connectivity index (χ1n) is 7.19. The fourth-order valence-corrected chi connectivity index (χ4v) is 2.61. The molecular weight excluding hydrogens is 360 g/mol. The van der Waals surface area contributed by atoms with Crippen LogP contribution in [0.1, 0.15) is 29.8 Å². The zero-order chi connectivity index (χ0) is 17.0. The Labute approximate surface area is 143 Å². The smallest absolute Gasteiger partial charge is 0.284 e. The Morgan fingerprint density at radius 2 is 1.87 bits per heavy atom. The molecule has 0 atom stereocenters. The first kappa shape index (κ1) is 17.1. The van der Waals surface area contributed by atoms with E-state index in [1.54, 1.807) is 11.0 Å². The third-order valence-corrected chi connectivity index (χ3v) is 4.14. The number of hydrogen-bond acceptors (Lipinski definition) is 3. The van der Waals surface area contributed by atoms with E-state index in [1.807, 2.05) is 44.2 Å². The molecule has 0 saturated heterocycles. The second kappa shape index (κ2) is 7.37. The van der Waals surface area contributed by atoms with Crippen LogP contribution in [0.25, 0.3) is 0 Å². The van der Waals surface area contributed by atoms with E-state index in [0.717, 1.165) is 5.56 Å². The van der Waals surface area contributed by atoms with Crippen molar-refractivity contribution in [2.24, 2.45) is 0 Å². The van der Waals surface area contributed by atoms with Crippen molar-refractivity contribution < 1.29 is 9.72 Å². The van der Waals surface area contributed by atoms with Gasteiger partial charge in [-0.2, -0.15) is 0 Å². The number of halogens is 1. The lowest BCUT2D eigenvalue weighted by Crippen LogP contribution is -2.36. The molecule has 0 aromatic heterocycles. The van der Waals surface area contributed by atoms with Crippen LogP contribution in [-0.4, -0.2) is 21.8 Å². The van der Waals surface area contributed by atoms with Crippen molar-refractivity contribution >= 4 is 27.5 Å². The molecule has 0 radical (unpaired) electrons. The summed E-state index contributed by atoms with van der Waals surface area (Å²) in [5.74, 6) is -0.223. The Bertz CT molecular complexity index is 717. The molecule has 0 saturated carbocycles. The monoisotopic (exact) mass is 376 g/mol. The van der Waals surface area contributed by atoms with Gasteiger partial charge in [-0.1, -0.05) is 30.3 Å². The van der Waals surface area contributed by atoms with Crippen molar-refractivity contribution in [2.45, 2.75) is 26.4 Å². The maximum absolute atomic E-state index is 12.8. The molecular formula is C17H17BrN2O3. The lowest BCUT2D eigenvalue weighted by molar-refractivity contribution is -0.385. The van der Waals surface area contributed by atoms with Crippen LogP contribution < -0.4 is 0 Å². The van der Waals surface area contributed by atoms with Gasteiger partial charge in [0.15, 0.2) is 0 Å². The minimum Gasteiger partial charge on any atom is -0.332 e. The summed E-state index contributed by atoms with van der Waals surface area (Å²) in [5.41, 5.74) is 1.21. The van der Waals surface area contributed by atoms with Gasteiger partial charge in [-0.15, -0.1) is 0 Å². The second-order valence-corrected chi connectivity index (χ2v) is 6.29. The minimum absolute atomic E-state index is 0.0228. The average Bonchev–Trinajstić information content (AvgIpc) is 2.53. The first-order valence-corrected chi connectivity index (χ1v) is 7.98. The number of nitrogens with zero attached hydrogens (tertiary/aromatic N) is 2. The fourth-order valence-electron chi connectivity index (χ4n) is 2.22. The topological polar surface area (TPSA) is 63.5 Å². The molecule has 0 N–H and O–H groups in total. The molecule has 5 nitrogen and oxygen atoms in total. The summed E-state index contributed by atoms with van der Waals surface area (Å²) in [6.07, 6.45) is 0. The lowest BCUT2D eigenvalue weighted by atomic mass is 10.1. The Hall–Kier alpha value is -2.21. The van der Waals surface area contributed by atoms with E-state index < -0.39 is 4.92 Å². The number of amides is 1. The number of benzene rings is 2. The quantitative estimate of drug-likeness (QED) is 0.573. The third-order valence-electron chi connectivity index (χ3n) is 3.47. The molecule has 0 aliphatic carbocycles. The van der Waals surface area contributed by atoms with Crippen LogP contribution >= 0.6 is 15.9 Å². The molecule has 2 aromatic rings. The van der Waals surface area contributed by atoms with Crippen LogP contribution in [0.2, 0.25) is 0 Å². The summed E-state index contributed by atoms with van der Waals surface area (Å²) >= 11 is 3.13. The van der Waals surface area contributed by atoms with E-state index in [-0.39, 0.29) is 17.6 Å². The van der Waals surface area contributed by atoms with E-state index in [9.17, 15) is 14.9 Å². The molecule has 0 unspecified atom stereocenters. The molecule has 0 aliphatic heterocycles. The number of carbonyl (C=O) groups is 1. The van der Waals surface area contributed by atoms with Gasteiger partial charge >= 0.3 is 0 Å². The molecule has 1 amide bonds. The Kier molecular flexibility index (Phi) is 5.50. The predicted molar refractivity (Wildman–Crippen MR) is 92.2 cm³/mol. The summed E-state index contributed by atoms with van der Waals surface area (Å²) < 4.78 is 0.359. The third kappa shape index (κ3) is 4.16. The van der Waals surface area contributed by atoms with Gasteiger partial charge < -0.3 is 4.90 Å². The summed E-state index contributed by atoms with van der Waals surface area (Å²) in [6.45, 7) is 4.31. The van der Waals surface area contributed by atoms with Crippen LogP contribution in [0, 0.1) is 10.1 Å². The number of hydrogen-bond donors (Lipinski definition) is 0. The first-order chi connectivity index (χ1) is 10.9. The molecule has 0 fully saturated rings. The van der Waals surface area contributed by atoms with Crippen molar-refractivity contribution in [2.75, 3.05) is 0 Å². The van der Waals surface area contributed by atoms with Crippen LogP contribution in [0.3, 0.4) is 0 Å². The molecule has 2 rings (SSSR count). The summed E-state index contributed by atoms with van der Waals surface area (Å²) in [7, 11) is 0. The standard InChI is InChI=1S/C17H17BrN2O3/c1-12(2)19(11-13-6-4-3-5-7-13)17(21)14-8-9-15(18)16(10-14)20(22)23/h3-10,12H,11H2,1-2H3. The Morgan fingerprint density at radius 1 is 1.22 bits per heavy atom. The highest BCUT2D eigenvalue weighted by molar-refractivity contribution is 9.10.